The molecule has 0 heterocycles. The minimum atomic E-state index is -0.848. The van der Waals surface area contributed by atoms with Crippen molar-refractivity contribution in [1.82, 2.24) is 5.32 Å². The van der Waals surface area contributed by atoms with Crippen LogP contribution in [0, 0.1) is 5.92 Å². The molecule has 4 nitrogen and oxygen atoms in total. The van der Waals surface area contributed by atoms with E-state index in [0.29, 0.717) is 18.2 Å². The predicted molar refractivity (Wildman–Crippen MR) is 113 cm³/mol. The van der Waals surface area contributed by atoms with Crippen molar-refractivity contribution in [3.8, 4) is 5.75 Å². The lowest BCUT2D eigenvalue weighted by molar-refractivity contribution is -0.140. The van der Waals surface area contributed by atoms with Gasteiger partial charge in [-0.15, -0.1) is 0 Å². The first kappa shape index (κ1) is 20.2. The summed E-state index contributed by atoms with van der Waals surface area (Å²) in [6, 6.07) is 18.9. The third-order valence-corrected chi connectivity index (χ3v) is 4.99. The number of benzene rings is 3. The molecule has 0 amide bonds. The van der Waals surface area contributed by atoms with Gasteiger partial charge >= 0.3 is 5.97 Å². The fourth-order valence-electron chi connectivity index (χ4n) is 3.20. The Hall–Kier alpha value is -2.56. The van der Waals surface area contributed by atoms with Crippen molar-refractivity contribution in [3.63, 3.8) is 0 Å². The molecule has 0 radical (unpaired) electrons. The second-order valence-corrected chi connectivity index (χ2v) is 7.56. The Morgan fingerprint density at radius 3 is 2.46 bits per heavy atom. The van der Waals surface area contributed by atoms with Gasteiger partial charge in [0.1, 0.15) is 18.4 Å². The van der Waals surface area contributed by atoms with Crippen molar-refractivity contribution in [3.05, 3.63) is 76.8 Å². The molecule has 3 aromatic rings. The zero-order chi connectivity index (χ0) is 20.1. The van der Waals surface area contributed by atoms with Gasteiger partial charge in [0.25, 0.3) is 0 Å². The van der Waals surface area contributed by atoms with Gasteiger partial charge in [0, 0.05) is 17.1 Å². The van der Waals surface area contributed by atoms with Gasteiger partial charge in [-0.3, -0.25) is 10.1 Å². The van der Waals surface area contributed by atoms with Crippen molar-refractivity contribution < 1.29 is 14.6 Å². The highest BCUT2D eigenvalue weighted by Crippen LogP contribution is 2.29. The molecule has 0 fully saturated rings. The van der Waals surface area contributed by atoms with Gasteiger partial charge in [-0.2, -0.15) is 0 Å². The zero-order valence-electron chi connectivity index (χ0n) is 16.0. The van der Waals surface area contributed by atoms with Gasteiger partial charge in [0.05, 0.1) is 0 Å². The molecule has 5 heteroatoms. The van der Waals surface area contributed by atoms with Crippen molar-refractivity contribution in [2.45, 2.75) is 33.0 Å². The highest BCUT2D eigenvalue weighted by molar-refractivity contribution is 6.30. The third-order valence-electron chi connectivity index (χ3n) is 4.74. The molecule has 0 aromatic heterocycles. The fourth-order valence-corrected chi connectivity index (χ4v) is 3.32. The number of nitrogens with one attached hydrogen (secondary N) is 1. The smallest absolute Gasteiger partial charge is 0.320 e. The summed E-state index contributed by atoms with van der Waals surface area (Å²) in [6.07, 6.45) is 0. The van der Waals surface area contributed by atoms with Crippen molar-refractivity contribution in [2.24, 2.45) is 5.92 Å². The number of hydrogen-bond donors (Lipinski definition) is 2. The molecule has 28 heavy (non-hydrogen) atoms. The Morgan fingerprint density at radius 2 is 1.79 bits per heavy atom. The number of carboxylic acid groups (broad SMARTS) is 1. The molecular formula is C23H24ClNO3. The Bertz CT molecular complexity index is 954. The molecule has 146 valence electrons. The fraction of sp³-hybridized carbons (Fsp3) is 0.261. The van der Waals surface area contributed by atoms with Crippen LogP contribution in [-0.2, 0) is 17.9 Å². The molecule has 3 rings (SSSR count). The molecule has 0 spiro atoms. The minimum absolute atomic E-state index is 0.0223. The molecule has 0 aliphatic rings. The van der Waals surface area contributed by atoms with Crippen LogP contribution in [0.1, 0.15) is 25.0 Å². The standard InChI is InChI=1S/C23H24ClNO3/c1-15(2)22(23(26)27)25-13-20-19-6-4-3-5-17(19)9-12-21(20)28-14-16-7-10-18(24)11-8-16/h3-12,15,22,25H,13-14H2,1-2H3,(H,26,27). The Morgan fingerprint density at radius 1 is 1.07 bits per heavy atom. The van der Waals surface area contributed by atoms with E-state index in [1.165, 1.54) is 0 Å². The summed E-state index contributed by atoms with van der Waals surface area (Å²) in [5, 5.41) is 15.5. The molecule has 3 aromatic carbocycles. The van der Waals surface area contributed by atoms with E-state index in [-0.39, 0.29) is 5.92 Å². The van der Waals surface area contributed by atoms with Crippen LogP contribution in [0.25, 0.3) is 10.8 Å². The van der Waals surface area contributed by atoms with E-state index < -0.39 is 12.0 Å². The highest BCUT2D eigenvalue weighted by Gasteiger charge is 2.21. The number of ether oxygens (including phenoxy) is 1. The number of fused-ring (bicyclic) bond motifs is 1. The summed E-state index contributed by atoms with van der Waals surface area (Å²) in [5.41, 5.74) is 1.97. The molecule has 0 aliphatic heterocycles. The first-order chi connectivity index (χ1) is 13.5. The van der Waals surface area contributed by atoms with Crippen LogP contribution >= 0.6 is 11.6 Å². The van der Waals surface area contributed by atoms with Gasteiger partial charge in [-0.25, -0.2) is 0 Å². The second kappa shape index (κ2) is 9.09. The maximum atomic E-state index is 11.5. The van der Waals surface area contributed by atoms with Gasteiger partial charge < -0.3 is 9.84 Å². The Labute approximate surface area is 170 Å². The van der Waals surface area contributed by atoms with Gasteiger partial charge in [-0.1, -0.05) is 67.9 Å². The number of carbonyl (C=O) groups is 1. The summed E-state index contributed by atoms with van der Waals surface area (Å²) in [5.74, 6) is -0.126. The second-order valence-electron chi connectivity index (χ2n) is 7.12. The van der Waals surface area contributed by atoms with E-state index in [2.05, 4.69) is 5.32 Å². The van der Waals surface area contributed by atoms with Crippen LogP contribution < -0.4 is 10.1 Å². The molecule has 0 saturated heterocycles. The molecular weight excluding hydrogens is 374 g/mol. The monoisotopic (exact) mass is 397 g/mol. The number of aliphatic carboxylic acids is 1. The molecule has 0 aliphatic carbocycles. The summed E-state index contributed by atoms with van der Waals surface area (Å²) >= 11 is 5.94. The van der Waals surface area contributed by atoms with Crippen LogP contribution in [0.4, 0.5) is 0 Å². The lowest BCUT2D eigenvalue weighted by Crippen LogP contribution is -2.40. The number of halogens is 1. The summed E-state index contributed by atoms with van der Waals surface area (Å²) < 4.78 is 6.09. The molecule has 0 bridgehead atoms. The van der Waals surface area contributed by atoms with Crippen LogP contribution in [-0.4, -0.2) is 17.1 Å². The van der Waals surface area contributed by atoms with E-state index in [4.69, 9.17) is 16.3 Å². The quantitative estimate of drug-likeness (QED) is 0.543. The van der Waals surface area contributed by atoms with Crippen molar-refractivity contribution >= 4 is 28.3 Å². The number of rotatable bonds is 8. The number of hydrogen-bond acceptors (Lipinski definition) is 3. The van der Waals surface area contributed by atoms with E-state index >= 15 is 0 Å². The Kier molecular flexibility index (Phi) is 6.55. The van der Waals surface area contributed by atoms with Crippen LogP contribution in [0.3, 0.4) is 0 Å². The minimum Gasteiger partial charge on any atom is -0.489 e. The van der Waals surface area contributed by atoms with Gasteiger partial charge in [0.15, 0.2) is 0 Å². The average Bonchev–Trinajstić information content (AvgIpc) is 2.67. The molecule has 1 unspecified atom stereocenters. The van der Waals surface area contributed by atoms with Crippen LogP contribution in [0.2, 0.25) is 5.02 Å². The van der Waals surface area contributed by atoms with E-state index in [1.54, 1.807) is 0 Å². The summed E-state index contributed by atoms with van der Waals surface area (Å²) in [4.78, 5) is 11.5. The SMILES string of the molecule is CC(C)C(NCc1c(OCc2ccc(Cl)cc2)ccc2ccccc12)C(=O)O. The van der Waals surface area contributed by atoms with E-state index in [9.17, 15) is 9.90 Å². The average molecular weight is 398 g/mol. The number of carboxylic acids is 1. The predicted octanol–water partition coefficient (Wildman–Crippen LogP) is 5.27. The third kappa shape index (κ3) is 4.83. The lowest BCUT2D eigenvalue weighted by atomic mass is 10.0. The maximum Gasteiger partial charge on any atom is 0.320 e. The van der Waals surface area contributed by atoms with Gasteiger partial charge in [-0.05, 0) is 40.5 Å². The molecule has 0 saturated carbocycles. The highest BCUT2D eigenvalue weighted by atomic mass is 35.5. The lowest BCUT2D eigenvalue weighted by Gasteiger charge is -2.20. The maximum absolute atomic E-state index is 11.5. The van der Waals surface area contributed by atoms with Crippen molar-refractivity contribution in [1.29, 1.82) is 0 Å². The summed E-state index contributed by atoms with van der Waals surface area (Å²) in [7, 11) is 0. The van der Waals surface area contributed by atoms with Crippen LogP contribution in [0.5, 0.6) is 5.75 Å². The summed E-state index contributed by atoms with van der Waals surface area (Å²) in [6.45, 7) is 4.61. The normalized spacial score (nSPS) is 12.3. The molecule has 2 N–H and O–H groups in total. The van der Waals surface area contributed by atoms with E-state index in [1.807, 2.05) is 74.5 Å². The van der Waals surface area contributed by atoms with Crippen molar-refractivity contribution in [2.75, 3.05) is 0 Å². The molecule has 1 atom stereocenters. The van der Waals surface area contributed by atoms with E-state index in [0.717, 1.165) is 27.6 Å². The van der Waals surface area contributed by atoms with Crippen LogP contribution in [0.15, 0.2) is 60.7 Å². The Balaban J connectivity index is 1.87. The van der Waals surface area contributed by atoms with Gasteiger partial charge in [0.2, 0.25) is 0 Å². The first-order valence-electron chi connectivity index (χ1n) is 9.29. The topological polar surface area (TPSA) is 58.6 Å². The largest absolute Gasteiger partial charge is 0.489 e. The first-order valence-corrected chi connectivity index (χ1v) is 9.67. The zero-order valence-corrected chi connectivity index (χ0v) is 16.7.